The van der Waals surface area contributed by atoms with Crippen LogP contribution in [0, 0.1) is 5.82 Å². The molecule has 0 unspecified atom stereocenters. The average molecular weight is 336 g/mol. The molecule has 2 aromatic carbocycles. The molecule has 0 atom stereocenters. The number of methoxy groups -OCH3 is 1. The molecule has 5 nitrogen and oxygen atoms in total. The molecule has 1 aliphatic rings. The molecule has 122 valence electrons. The summed E-state index contributed by atoms with van der Waals surface area (Å²) in [4.78, 5) is -0.126. The molecular weight excluding hydrogens is 319 g/mol. The highest BCUT2D eigenvalue weighted by Gasteiger charge is 2.17. The minimum atomic E-state index is -3.78. The molecule has 0 radical (unpaired) electrons. The van der Waals surface area contributed by atoms with Gasteiger partial charge in [0.05, 0.1) is 12.0 Å². The Morgan fingerprint density at radius 2 is 1.96 bits per heavy atom. The van der Waals surface area contributed by atoms with Crippen LogP contribution in [0.4, 0.5) is 4.39 Å². The SMILES string of the molecule is COc1ccc(S(=O)(=O)NCc2ccc3c(c2)CNC3)cc1F. The van der Waals surface area contributed by atoms with Crippen molar-refractivity contribution < 1.29 is 17.5 Å². The Morgan fingerprint density at radius 1 is 1.17 bits per heavy atom. The van der Waals surface area contributed by atoms with Crippen LogP contribution in [0.2, 0.25) is 0 Å². The highest BCUT2D eigenvalue weighted by molar-refractivity contribution is 7.89. The van der Waals surface area contributed by atoms with Gasteiger partial charge in [-0.3, -0.25) is 0 Å². The first-order chi connectivity index (χ1) is 11.0. The minimum absolute atomic E-state index is 0.00933. The van der Waals surface area contributed by atoms with Crippen molar-refractivity contribution in [3.8, 4) is 5.75 Å². The standard InChI is InChI=1S/C16H17FN2O3S/c1-22-16-5-4-14(7-15(16)17)23(20,21)19-8-11-2-3-12-9-18-10-13(12)6-11/h2-7,18-19H,8-10H2,1H3. The van der Waals surface area contributed by atoms with Crippen molar-refractivity contribution in [2.24, 2.45) is 0 Å². The van der Waals surface area contributed by atoms with Gasteiger partial charge in [0.15, 0.2) is 11.6 Å². The van der Waals surface area contributed by atoms with Crippen molar-refractivity contribution in [2.45, 2.75) is 24.5 Å². The van der Waals surface area contributed by atoms with Gasteiger partial charge in [0.1, 0.15) is 0 Å². The molecule has 0 spiro atoms. The summed E-state index contributed by atoms with van der Waals surface area (Å²) in [5, 5.41) is 3.24. The summed E-state index contributed by atoms with van der Waals surface area (Å²) >= 11 is 0. The third-order valence-corrected chi connectivity index (χ3v) is 5.20. The second-order valence-corrected chi connectivity index (χ2v) is 7.09. The molecule has 0 bridgehead atoms. The van der Waals surface area contributed by atoms with Crippen LogP contribution in [0.25, 0.3) is 0 Å². The molecule has 0 aliphatic carbocycles. The van der Waals surface area contributed by atoms with E-state index >= 15 is 0 Å². The number of halogens is 1. The number of hydrogen-bond acceptors (Lipinski definition) is 4. The van der Waals surface area contributed by atoms with E-state index in [1.165, 1.54) is 30.4 Å². The number of ether oxygens (including phenoxy) is 1. The summed E-state index contributed by atoms with van der Waals surface area (Å²) in [7, 11) is -2.45. The van der Waals surface area contributed by atoms with E-state index in [1.807, 2.05) is 18.2 Å². The fourth-order valence-corrected chi connectivity index (χ4v) is 3.56. The lowest BCUT2D eigenvalue weighted by Crippen LogP contribution is -2.23. The number of fused-ring (bicyclic) bond motifs is 1. The molecule has 0 amide bonds. The summed E-state index contributed by atoms with van der Waals surface area (Å²) in [6.45, 7) is 1.79. The lowest BCUT2D eigenvalue weighted by Gasteiger charge is -2.09. The highest BCUT2D eigenvalue weighted by atomic mass is 32.2. The maximum Gasteiger partial charge on any atom is 0.240 e. The summed E-state index contributed by atoms with van der Waals surface area (Å²) < 4.78 is 45.5. The van der Waals surface area contributed by atoms with Crippen molar-refractivity contribution in [1.82, 2.24) is 10.0 Å². The zero-order valence-corrected chi connectivity index (χ0v) is 13.4. The van der Waals surface area contributed by atoms with Crippen LogP contribution in [-0.4, -0.2) is 15.5 Å². The van der Waals surface area contributed by atoms with Gasteiger partial charge in [-0.25, -0.2) is 17.5 Å². The van der Waals surface area contributed by atoms with Crippen LogP contribution in [0.3, 0.4) is 0 Å². The van der Waals surface area contributed by atoms with Gasteiger partial charge >= 0.3 is 0 Å². The normalized spacial score (nSPS) is 13.8. The van der Waals surface area contributed by atoms with Gasteiger partial charge in [0.25, 0.3) is 0 Å². The Morgan fingerprint density at radius 3 is 2.70 bits per heavy atom. The molecule has 2 aromatic rings. The summed E-state index contributed by atoms with van der Waals surface area (Å²) in [5.41, 5.74) is 3.27. The second kappa shape index (κ2) is 6.27. The van der Waals surface area contributed by atoms with E-state index < -0.39 is 15.8 Å². The quantitative estimate of drug-likeness (QED) is 0.875. The number of benzene rings is 2. The first-order valence-electron chi connectivity index (χ1n) is 7.14. The van der Waals surface area contributed by atoms with E-state index in [0.29, 0.717) is 0 Å². The maximum absolute atomic E-state index is 13.7. The van der Waals surface area contributed by atoms with Gasteiger partial charge in [-0.1, -0.05) is 18.2 Å². The Labute approximate surface area is 134 Å². The minimum Gasteiger partial charge on any atom is -0.494 e. The van der Waals surface area contributed by atoms with Crippen molar-refractivity contribution >= 4 is 10.0 Å². The van der Waals surface area contributed by atoms with Crippen molar-refractivity contribution in [3.05, 3.63) is 58.9 Å². The van der Waals surface area contributed by atoms with E-state index in [0.717, 1.165) is 24.7 Å². The van der Waals surface area contributed by atoms with Crippen molar-refractivity contribution in [3.63, 3.8) is 0 Å². The molecule has 23 heavy (non-hydrogen) atoms. The number of rotatable bonds is 5. The van der Waals surface area contributed by atoms with Crippen LogP contribution in [0.15, 0.2) is 41.3 Å². The van der Waals surface area contributed by atoms with Gasteiger partial charge in [-0.05, 0) is 34.9 Å². The monoisotopic (exact) mass is 336 g/mol. The van der Waals surface area contributed by atoms with E-state index in [9.17, 15) is 12.8 Å². The summed E-state index contributed by atoms with van der Waals surface area (Å²) in [6.07, 6.45) is 0. The van der Waals surface area contributed by atoms with Crippen molar-refractivity contribution in [1.29, 1.82) is 0 Å². The Hall–Kier alpha value is -1.96. The highest BCUT2D eigenvalue weighted by Crippen LogP contribution is 2.21. The van der Waals surface area contributed by atoms with E-state index in [2.05, 4.69) is 10.0 Å². The predicted octanol–water partition coefficient (Wildman–Crippen LogP) is 1.92. The Balaban J connectivity index is 1.75. The third-order valence-electron chi connectivity index (χ3n) is 3.80. The fourth-order valence-electron chi connectivity index (χ4n) is 2.53. The van der Waals surface area contributed by atoms with Gasteiger partial charge in [-0.2, -0.15) is 0 Å². The van der Waals surface area contributed by atoms with Gasteiger partial charge in [0.2, 0.25) is 10.0 Å². The molecule has 0 saturated carbocycles. The number of sulfonamides is 1. The number of nitrogens with one attached hydrogen (secondary N) is 2. The maximum atomic E-state index is 13.7. The number of hydrogen-bond donors (Lipinski definition) is 2. The third kappa shape index (κ3) is 3.36. The zero-order valence-electron chi connectivity index (χ0n) is 12.6. The van der Waals surface area contributed by atoms with Crippen LogP contribution in [0.1, 0.15) is 16.7 Å². The van der Waals surface area contributed by atoms with Crippen LogP contribution in [-0.2, 0) is 29.7 Å². The van der Waals surface area contributed by atoms with Gasteiger partial charge < -0.3 is 10.1 Å². The molecule has 0 fully saturated rings. The zero-order chi connectivity index (χ0) is 16.4. The topological polar surface area (TPSA) is 67.4 Å². The summed E-state index contributed by atoms with van der Waals surface area (Å²) in [5.74, 6) is -0.700. The Bertz CT molecular complexity index is 837. The average Bonchev–Trinajstić information content (AvgIpc) is 3.00. The summed E-state index contributed by atoms with van der Waals surface area (Å²) in [6, 6.07) is 9.43. The van der Waals surface area contributed by atoms with Crippen molar-refractivity contribution in [2.75, 3.05) is 7.11 Å². The van der Waals surface area contributed by atoms with Gasteiger partial charge in [0, 0.05) is 19.6 Å². The second-order valence-electron chi connectivity index (χ2n) is 5.33. The first kappa shape index (κ1) is 15.9. The van der Waals surface area contributed by atoms with E-state index in [4.69, 9.17) is 4.74 Å². The molecule has 0 aromatic heterocycles. The first-order valence-corrected chi connectivity index (χ1v) is 8.62. The molecule has 1 aliphatic heterocycles. The fraction of sp³-hybridized carbons (Fsp3) is 0.250. The molecule has 3 rings (SSSR count). The molecule has 2 N–H and O–H groups in total. The van der Waals surface area contributed by atoms with Crippen LogP contribution in [0.5, 0.6) is 5.75 Å². The van der Waals surface area contributed by atoms with Crippen LogP contribution >= 0.6 is 0 Å². The molecular formula is C16H17FN2O3S. The smallest absolute Gasteiger partial charge is 0.240 e. The molecule has 0 saturated heterocycles. The lowest BCUT2D eigenvalue weighted by molar-refractivity contribution is 0.385. The molecule has 7 heteroatoms. The Kier molecular flexibility index (Phi) is 4.34. The van der Waals surface area contributed by atoms with E-state index in [1.54, 1.807) is 0 Å². The lowest BCUT2D eigenvalue weighted by atomic mass is 10.1. The van der Waals surface area contributed by atoms with Gasteiger partial charge in [-0.15, -0.1) is 0 Å². The predicted molar refractivity (Wildman–Crippen MR) is 84.0 cm³/mol. The van der Waals surface area contributed by atoms with E-state index in [-0.39, 0.29) is 17.2 Å². The molecule has 1 heterocycles. The van der Waals surface area contributed by atoms with Crippen LogP contribution < -0.4 is 14.8 Å². The largest absolute Gasteiger partial charge is 0.494 e.